The van der Waals surface area contributed by atoms with Crippen molar-refractivity contribution in [1.82, 2.24) is 15.1 Å². The molecule has 2 heterocycles. The van der Waals surface area contributed by atoms with Gasteiger partial charge in [-0.15, -0.1) is 0 Å². The number of ketones is 1. The van der Waals surface area contributed by atoms with E-state index in [0.717, 1.165) is 44.5 Å². The fourth-order valence-electron chi connectivity index (χ4n) is 2.58. The Morgan fingerprint density at radius 1 is 1.59 bits per heavy atom. The molecular weight excluding hydrogens is 214 g/mol. The fourth-order valence-corrected chi connectivity index (χ4v) is 2.58. The van der Waals surface area contributed by atoms with Crippen LogP contribution in [0.5, 0.6) is 0 Å². The van der Waals surface area contributed by atoms with E-state index in [0.29, 0.717) is 0 Å². The third-order valence-electron chi connectivity index (χ3n) is 3.85. The van der Waals surface area contributed by atoms with Crippen molar-refractivity contribution in [1.29, 1.82) is 0 Å². The number of aromatic nitrogens is 2. The first-order chi connectivity index (χ1) is 8.22. The highest BCUT2D eigenvalue weighted by Crippen LogP contribution is 2.33. The molecule has 1 aromatic heterocycles. The number of piperidine rings is 1. The first-order valence-corrected chi connectivity index (χ1v) is 6.50. The summed E-state index contributed by atoms with van der Waals surface area (Å²) in [7, 11) is 0. The predicted octanol–water partition coefficient (Wildman–Crippen LogP) is 1.87. The monoisotopic (exact) mass is 235 g/mol. The van der Waals surface area contributed by atoms with Crippen molar-refractivity contribution < 1.29 is 4.79 Å². The van der Waals surface area contributed by atoms with Crippen LogP contribution in [0.3, 0.4) is 0 Å². The van der Waals surface area contributed by atoms with Crippen LogP contribution in [-0.4, -0.2) is 28.7 Å². The highest BCUT2D eigenvalue weighted by molar-refractivity contribution is 6.00. The second-order valence-electron chi connectivity index (χ2n) is 4.83. The minimum Gasteiger partial charge on any atom is -0.316 e. The average Bonchev–Trinajstić information content (AvgIpc) is 2.87. The Morgan fingerprint density at radius 2 is 2.41 bits per heavy atom. The van der Waals surface area contributed by atoms with Crippen molar-refractivity contribution in [3.8, 4) is 0 Å². The Morgan fingerprint density at radius 3 is 2.94 bits per heavy atom. The maximum Gasteiger partial charge on any atom is 0.173 e. The average molecular weight is 235 g/mol. The molecule has 1 unspecified atom stereocenters. The molecule has 0 spiro atoms. The summed E-state index contributed by atoms with van der Waals surface area (Å²) in [5.74, 6) is 0.256. The number of nitrogens with zero attached hydrogens (tertiary/aromatic N) is 2. The summed E-state index contributed by atoms with van der Waals surface area (Å²) in [5.41, 5.74) is 0.553. The Bertz CT molecular complexity index is 391. The summed E-state index contributed by atoms with van der Waals surface area (Å²) in [6.07, 6.45) is 6.55. The molecule has 0 saturated carbocycles. The zero-order valence-corrected chi connectivity index (χ0v) is 10.7. The Balaban J connectivity index is 2.21. The molecule has 17 heavy (non-hydrogen) atoms. The van der Waals surface area contributed by atoms with E-state index in [1.807, 2.05) is 17.8 Å². The maximum absolute atomic E-state index is 12.6. The lowest BCUT2D eigenvalue weighted by Crippen LogP contribution is -2.45. The van der Waals surface area contributed by atoms with Gasteiger partial charge in [-0.25, -0.2) is 0 Å². The first-order valence-electron chi connectivity index (χ1n) is 6.50. The number of hydrogen-bond donors (Lipinski definition) is 1. The number of carbonyl (C=O) groups is 1. The first kappa shape index (κ1) is 12.3. The number of rotatable bonds is 4. The third kappa shape index (κ3) is 2.27. The number of nitrogens with one attached hydrogen (secondary N) is 1. The van der Waals surface area contributed by atoms with Crippen LogP contribution >= 0.6 is 0 Å². The van der Waals surface area contributed by atoms with E-state index in [1.165, 1.54) is 0 Å². The quantitative estimate of drug-likeness (QED) is 0.810. The lowest BCUT2D eigenvalue weighted by atomic mass is 9.73. The molecule has 0 radical (unpaired) electrons. The molecule has 0 aliphatic carbocycles. The minimum absolute atomic E-state index is 0.208. The van der Waals surface area contributed by atoms with Crippen LogP contribution in [0.25, 0.3) is 0 Å². The van der Waals surface area contributed by atoms with Crippen molar-refractivity contribution in [2.45, 2.75) is 39.7 Å². The molecule has 0 bridgehead atoms. The van der Waals surface area contributed by atoms with E-state index < -0.39 is 0 Å². The van der Waals surface area contributed by atoms with E-state index in [9.17, 15) is 4.79 Å². The van der Waals surface area contributed by atoms with Crippen molar-refractivity contribution >= 4 is 5.78 Å². The SMILES string of the molecule is CCn1cc(C(=O)C2(CC)CCCNC2)cn1. The van der Waals surface area contributed by atoms with Crippen LogP contribution < -0.4 is 5.32 Å². The van der Waals surface area contributed by atoms with Gasteiger partial charge in [0.05, 0.1) is 11.8 Å². The molecule has 1 fully saturated rings. The zero-order valence-electron chi connectivity index (χ0n) is 10.7. The molecule has 0 amide bonds. The molecule has 1 saturated heterocycles. The van der Waals surface area contributed by atoms with Gasteiger partial charge in [0.15, 0.2) is 5.78 Å². The molecule has 2 rings (SSSR count). The van der Waals surface area contributed by atoms with Crippen LogP contribution in [0.2, 0.25) is 0 Å². The molecule has 4 heteroatoms. The zero-order chi connectivity index (χ0) is 12.3. The summed E-state index contributed by atoms with van der Waals surface area (Å²) in [5, 5.41) is 7.54. The third-order valence-corrected chi connectivity index (χ3v) is 3.85. The van der Waals surface area contributed by atoms with Crippen molar-refractivity contribution in [2.24, 2.45) is 5.41 Å². The van der Waals surface area contributed by atoms with Crippen LogP contribution in [0, 0.1) is 5.41 Å². The molecule has 1 aliphatic heterocycles. The normalized spacial score (nSPS) is 24.8. The smallest absolute Gasteiger partial charge is 0.173 e. The van der Waals surface area contributed by atoms with Gasteiger partial charge in [-0.05, 0) is 32.7 Å². The van der Waals surface area contributed by atoms with Gasteiger partial charge in [0.25, 0.3) is 0 Å². The van der Waals surface area contributed by atoms with Gasteiger partial charge >= 0.3 is 0 Å². The number of hydrogen-bond acceptors (Lipinski definition) is 3. The van der Waals surface area contributed by atoms with E-state index >= 15 is 0 Å². The minimum atomic E-state index is -0.208. The number of Topliss-reactive ketones (excluding diaryl/α,β-unsaturated/α-hetero) is 1. The topological polar surface area (TPSA) is 46.9 Å². The van der Waals surface area contributed by atoms with Gasteiger partial charge in [0, 0.05) is 24.7 Å². The molecule has 1 N–H and O–H groups in total. The van der Waals surface area contributed by atoms with Crippen LogP contribution in [-0.2, 0) is 6.54 Å². The van der Waals surface area contributed by atoms with E-state index in [2.05, 4.69) is 17.3 Å². The highest BCUT2D eigenvalue weighted by Gasteiger charge is 2.38. The van der Waals surface area contributed by atoms with Crippen LogP contribution in [0.4, 0.5) is 0 Å². The lowest BCUT2D eigenvalue weighted by molar-refractivity contribution is 0.0730. The molecule has 94 valence electrons. The standard InChI is InChI=1S/C13H21N3O/c1-3-13(6-5-7-14-10-13)12(17)11-8-15-16(4-2)9-11/h8-9,14H,3-7,10H2,1-2H3. The second kappa shape index (κ2) is 5.00. The predicted molar refractivity (Wildman–Crippen MR) is 67.1 cm³/mol. The van der Waals surface area contributed by atoms with Gasteiger partial charge in [-0.2, -0.15) is 5.10 Å². The van der Waals surface area contributed by atoms with Gasteiger partial charge in [0.1, 0.15) is 0 Å². The maximum atomic E-state index is 12.6. The molecule has 1 atom stereocenters. The highest BCUT2D eigenvalue weighted by atomic mass is 16.1. The van der Waals surface area contributed by atoms with E-state index in [-0.39, 0.29) is 11.2 Å². The van der Waals surface area contributed by atoms with Gasteiger partial charge in [-0.3, -0.25) is 9.48 Å². The van der Waals surface area contributed by atoms with E-state index in [4.69, 9.17) is 0 Å². The molecule has 0 aromatic carbocycles. The summed E-state index contributed by atoms with van der Waals surface area (Å²) >= 11 is 0. The van der Waals surface area contributed by atoms with Crippen molar-refractivity contribution in [3.63, 3.8) is 0 Å². The Labute approximate surface area is 102 Å². The van der Waals surface area contributed by atoms with Gasteiger partial charge in [-0.1, -0.05) is 6.92 Å². The summed E-state index contributed by atoms with van der Waals surface area (Å²) in [6.45, 7) is 6.78. The molecule has 1 aliphatic rings. The van der Waals surface area contributed by atoms with Gasteiger partial charge in [0.2, 0.25) is 0 Å². The van der Waals surface area contributed by atoms with Crippen LogP contribution in [0.15, 0.2) is 12.4 Å². The van der Waals surface area contributed by atoms with Gasteiger partial charge < -0.3 is 5.32 Å². The Hall–Kier alpha value is -1.16. The summed E-state index contributed by atoms with van der Waals surface area (Å²) in [6, 6.07) is 0. The fraction of sp³-hybridized carbons (Fsp3) is 0.692. The van der Waals surface area contributed by atoms with Crippen molar-refractivity contribution in [3.05, 3.63) is 18.0 Å². The molecule has 4 nitrogen and oxygen atoms in total. The summed E-state index contributed by atoms with van der Waals surface area (Å²) < 4.78 is 1.81. The summed E-state index contributed by atoms with van der Waals surface area (Å²) in [4.78, 5) is 12.6. The lowest BCUT2D eigenvalue weighted by Gasteiger charge is -2.35. The molecular formula is C13H21N3O. The second-order valence-corrected chi connectivity index (χ2v) is 4.83. The van der Waals surface area contributed by atoms with Crippen LogP contribution in [0.1, 0.15) is 43.5 Å². The van der Waals surface area contributed by atoms with Crippen molar-refractivity contribution in [2.75, 3.05) is 13.1 Å². The molecule has 1 aromatic rings. The Kier molecular flexibility index (Phi) is 3.62. The number of aryl methyl sites for hydroxylation is 1. The number of carbonyl (C=O) groups excluding carboxylic acids is 1. The largest absolute Gasteiger partial charge is 0.316 e. The van der Waals surface area contributed by atoms with E-state index in [1.54, 1.807) is 6.20 Å².